The summed E-state index contributed by atoms with van der Waals surface area (Å²) < 4.78 is 1.95. The molecule has 4 rings (SSSR count). The Morgan fingerprint density at radius 2 is 1.46 bits per heavy atom. The number of pyridine rings is 1. The van der Waals surface area contributed by atoms with Crippen molar-refractivity contribution in [2.24, 2.45) is 0 Å². The maximum absolute atomic E-state index is 13.0. The van der Waals surface area contributed by atoms with Crippen LogP contribution in [0.3, 0.4) is 0 Å². The van der Waals surface area contributed by atoms with E-state index in [0.717, 1.165) is 43.6 Å². The second-order valence-corrected chi connectivity index (χ2v) is 6.99. The van der Waals surface area contributed by atoms with Crippen molar-refractivity contribution in [3.8, 4) is 11.1 Å². The van der Waals surface area contributed by atoms with Gasteiger partial charge in [0.25, 0.3) is 5.56 Å². The van der Waals surface area contributed by atoms with Crippen LogP contribution in [0.1, 0.15) is 24.4 Å². The normalized spacial score (nSPS) is 15.8. The van der Waals surface area contributed by atoms with Crippen molar-refractivity contribution in [1.82, 2.24) is 9.47 Å². The molecule has 2 heterocycles. The molecule has 1 aliphatic rings. The molecule has 1 saturated heterocycles. The van der Waals surface area contributed by atoms with Crippen LogP contribution in [0, 0.1) is 0 Å². The number of piperidine rings is 1. The summed E-state index contributed by atoms with van der Waals surface area (Å²) in [6, 6.07) is 24.8. The van der Waals surface area contributed by atoms with Gasteiger partial charge in [0.1, 0.15) is 0 Å². The fourth-order valence-corrected chi connectivity index (χ4v) is 3.83. The Morgan fingerprint density at radius 3 is 2.15 bits per heavy atom. The molecule has 0 bridgehead atoms. The van der Waals surface area contributed by atoms with Gasteiger partial charge in [-0.3, -0.25) is 9.69 Å². The summed E-state index contributed by atoms with van der Waals surface area (Å²) >= 11 is 0. The van der Waals surface area contributed by atoms with E-state index >= 15 is 0 Å². The Labute approximate surface area is 154 Å². The number of hydrogen-bond acceptors (Lipinski definition) is 2. The first-order valence-electron chi connectivity index (χ1n) is 9.34. The molecule has 0 spiro atoms. The van der Waals surface area contributed by atoms with Gasteiger partial charge in [-0.1, -0.05) is 60.7 Å². The third kappa shape index (κ3) is 3.63. The van der Waals surface area contributed by atoms with Crippen molar-refractivity contribution in [3.05, 3.63) is 94.9 Å². The Balaban J connectivity index is 1.47. The Hall–Kier alpha value is -2.65. The van der Waals surface area contributed by atoms with Gasteiger partial charge < -0.3 is 4.57 Å². The molecule has 0 radical (unpaired) electrons. The highest BCUT2D eigenvalue weighted by Crippen LogP contribution is 2.23. The summed E-state index contributed by atoms with van der Waals surface area (Å²) in [6.07, 6.45) is 3.99. The Morgan fingerprint density at radius 1 is 0.808 bits per heavy atom. The first kappa shape index (κ1) is 16.8. The standard InChI is InChI=1S/C23H24N2O/c26-23-22(20-10-5-2-6-11-20)12-7-15-25(23)21-13-16-24(17-14-21)18-19-8-3-1-4-9-19/h1-12,15,21H,13-14,16-18H2. The smallest absolute Gasteiger partial charge is 0.258 e. The van der Waals surface area contributed by atoms with Crippen molar-refractivity contribution in [2.45, 2.75) is 25.4 Å². The highest BCUT2D eigenvalue weighted by molar-refractivity contribution is 5.61. The summed E-state index contributed by atoms with van der Waals surface area (Å²) in [4.78, 5) is 15.5. The first-order valence-corrected chi connectivity index (χ1v) is 9.34. The monoisotopic (exact) mass is 344 g/mol. The van der Waals surface area contributed by atoms with Gasteiger partial charge in [-0.15, -0.1) is 0 Å². The van der Waals surface area contributed by atoms with Crippen molar-refractivity contribution < 1.29 is 0 Å². The molecule has 0 N–H and O–H groups in total. The van der Waals surface area contributed by atoms with E-state index in [-0.39, 0.29) is 11.6 Å². The van der Waals surface area contributed by atoms with Crippen molar-refractivity contribution >= 4 is 0 Å². The van der Waals surface area contributed by atoms with E-state index in [4.69, 9.17) is 0 Å². The molecular weight excluding hydrogens is 320 g/mol. The van der Waals surface area contributed by atoms with Crippen LogP contribution in [0.15, 0.2) is 83.8 Å². The molecule has 1 aromatic heterocycles. The highest BCUT2D eigenvalue weighted by atomic mass is 16.1. The number of hydrogen-bond donors (Lipinski definition) is 0. The van der Waals surface area contributed by atoms with Gasteiger partial charge >= 0.3 is 0 Å². The van der Waals surface area contributed by atoms with E-state index in [2.05, 4.69) is 35.2 Å². The van der Waals surface area contributed by atoms with Crippen LogP contribution < -0.4 is 5.56 Å². The van der Waals surface area contributed by atoms with Crippen molar-refractivity contribution in [3.63, 3.8) is 0 Å². The SMILES string of the molecule is O=c1c(-c2ccccc2)cccn1C1CCN(Cc2ccccc2)CC1. The summed E-state index contributed by atoms with van der Waals surface area (Å²) in [5, 5.41) is 0. The Bertz CT molecular complexity index is 894. The van der Waals surface area contributed by atoms with Gasteiger partial charge in [-0.2, -0.15) is 0 Å². The van der Waals surface area contributed by atoms with Crippen molar-refractivity contribution in [1.29, 1.82) is 0 Å². The minimum Gasteiger partial charge on any atom is -0.312 e. The third-order valence-corrected chi connectivity index (χ3v) is 5.26. The van der Waals surface area contributed by atoms with Gasteiger partial charge in [-0.25, -0.2) is 0 Å². The molecule has 132 valence electrons. The average molecular weight is 344 g/mol. The second-order valence-electron chi connectivity index (χ2n) is 6.99. The molecule has 1 aliphatic heterocycles. The van der Waals surface area contributed by atoms with Crippen LogP contribution >= 0.6 is 0 Å². The fourth-order valence-electron chi connectivity index (χ4n) is 3.83. The maximum atomic E-state index is 13.0. The van der Waals surface area contributed by atoms with Crippen LogP contribution in [-0.2, 0) is 6.54 Å². The number of rotatable bonds is 4. The molecule has 3 aromatic rings. The summed E-state index contributed by atoms with van der Waals surface area (Å²) in [5.41, 5.74) is 3.27. The second kappa shape index (κ2) is 7.71. The van der Waals surface area contributed by atoms with Crippen LogP contribution in [0.25, 0.3) is 11.1 Å². The summed E-state index contributed by atoms with van der Waals surface area (Å²) in [6.45, 7) is 3.05. The zero-order valence-corrected chi connectivity index (χ0v) is 14.9. The van der Waals surface area contributed by atoms with Gasteiger partial charge in [0.05, 0.1) is 0 Å². The molecule has 2 aromatic carbocycles. The molecule has 3 nitrogen and oxygen atoms in total. The molecule has 0 atom stereocenters. The molecule has 0 aliphatic carbocycles. The topological polar surface area (TPSA) is 25.2 Å². The quantitative estimate of drug-likeness (QED) is 0.703. The molecule has 0 unspecified atom stereocenters. The zero-order valence-electron chi connectivity index (χ0n) is 14.9. The number of benzene rings is 2. The predicted molar refractivity (Wildman–Crippen MR) is 106 cm³/mol. The molecule has 0 saturated carbocycles. The number of aromatic nitrogens is 1. The van der Waals surface area contributed by atoms with E-state index in [1.165, 1.54) is 5.56 Å². The fraction of sp³-hybridized carbons (Fsp3) is 0.261. The summed E-state index contributed by atoms with van der Waals surface area (Å²) in [7, 11) is 0. The summed E-state index contributed by atoms with van der Waals surface area (Å²) in [5.74, 6) is 0. The predicted octanol–water partition coefficient (Wildman–Crippen LogP) is 4.35. The molecule has 26 heavy (non-hydrogen) atoms. The average Bonchev–Trinajstić information content (AvgIpc) is 2.70. The molecule has 3 heteroatoms. The van der Waals surface area contributed by atoms with Crippen LogP contribution in [0.4, 0.5) is 0 Å². The van der Waals surface area contributed by atoms with Gasteiger partial charge in [0.2, 0.25) is 0 Å². The largest absolute Gasteiger partial charge is 0.312 e. The lowest BCUT2D eigenvalue weighted by Gasteiger charge is -2.33. The van der Waals surface area contributed by atoms with Crippen LogP contribution in [-0.4, -0.2) is 22.6 Å². The van der Waals surface area contributed by atoms with E-state index in [1.54, 1.807) is 0 Å². The molecule has 0 amide bonds. The molecule has 1 fully saturated rings. The first-order chi connectivity index (χ1) is 12.8. The van der Waals surface area contributed by atoms with Gasteiger partial charge in [-0.05, 0) is 36.1 Å². The Kier molecular flexibility index (Phi) is 4.98. The highest BCUT2D eigenvalue weighted by Gasteiger charge is 2.22. The van der Waals surface area contributed by atoms with E-state index in [0.29, 0.717) is 0 Å². The lowest BCUT2D eigenvalue weighted by molar-refractivity contribution is 0.178. The lowest BCUT2D eigenvalue weighted by Crippen LogP contribution is -2.37. The van der Waals surface area contributed by atoms with Crippen LogP contribution in [0.2, 0.25) is 0 Å². The van der Waals surface area contributed by atoms with E-state index < -0.39 is 0 Å². The zero-order chi connectivity index (χ0) is 17.8. The van der Waals surface area contributed by atoms with E-state index in [1.807, 2.05) is 53.2 Å². The van der Waals surface area contributed by atoms with E-state index in [9.17, 15) is 4.79 Å². The number of nitrogens with zero attached hydrogens (tertiary/aromatic N) is 2. The maximum Gasteiger partial charge on any atom is 0.258 e. The molecular formula is C23H24N2O. The minimum atomic E-state index is 0.125. The minimum absolute atomic E-state index is 0.125. The number of likely N-dealkylation sites (tertiary alicyclic amines) is 1. The lowest BCUT2D eigenvalue weighted by atomic mass is 10.0. The van der Waals surface area contributed by atoms with Crippen molar-refractivity contribution in [2.75, 3.05) is 13.1 Å². The van der Waals surface area contributed by atoms with Gasteiger partial charge in [0.15, 0.2) is 0 Å². The van der Waals surface area contributed by atoms with Crippen LogP contribution in [0.5, 0.6) is 0 Å². The van der Waals surface area contributed by atoms with Gasteiger partial charge in [0, 0.05) is 37.4 Å². The third-order valence-electron chi connectivity index (χ3n) is 5.26.